The Morgan fingerprint density at radius 2 is 2.00 bits per heavy atom. The number of hydrogen-bond donors (Lipinski definition) is 1. The molecule has 0 bridgehead atoms. The fourth-order valence-electron chi connectivity index (χ4n) is 2.44. The molecule has 0 radical (unpaired) electrons. The molecule has 2 aromatic carbocycles. The zero-order valence-electron chi connectivity index (χ0n) is 15.8. The molecular formula is C20H12ClF3N4O3S. The second kappa shape index (κ2) is 9.67. The van der Waals surface area contributed by atoms with Crippen molar-refractivity contribution in [3.05, 3.63) is 75.2 Å². The standard InChI is InChI=1S/C20H12ClF3N4O3S/c21-19(22)20(23,24)31-17-4-2-1-3-15(17)26-10-13(9-25)18-27-16(11-32-18)12-5-7-14(8-6-12)28(29)30/h1-8,10-11,19,26H/b13-10+/t19-/m0/s1. The molecule has 0 saturated heterocycles. The average Bonchev–Trinajstić information content (AvgIpc) is 3.25. The van der Waals surface area contributed by atoms with Gasteiger partial charge in [-0.1, -0.05) is 23.7 Å². The van der Waals surface area contributed by atoms with Crippen molar-refractivity contribution in [2.75, 3.05) is 5.32 Å². The van der Waals surface area contributed by atoms with Crippen molar-refractivity contribution < 1.29 is 22.8 Å². The van der Waals surface area contributed by atoms with E-state index in [1.54, 1.807) is 5.38 Å². The Labute approximate surface area is 188 Å². The summed E-state index contributed by atoms with van der Waals surface area (Å²) in [5.41, 5.74) is -1.86. The van der Waals surface area contributed by atoms with Crippen molar-refractivity contribution in [3.63, 3.8) is 0 Å². The number of para-hydroxylation sites is 2. The number of allylic oxidation sites excluding steroid dienone is 1. The summed E-state index contributed by atoms with van der Waals surface area (Å²) in [5.74, 6) is -0.375. The van der Waals surface area contributed by atoms with Crippen molar-refractivity contribution in [1.82, 2.24) is 4.98 Å². The number of thiazole rings is 1. The highest BCUT2D eigenvalue weighted by Gasteiger charge is 2.42. The third-order valence-electron chi connectivity index (χ3n) is 3.99. The second-order valence-corrected chi connectivity index (χ2v) is 7.36. The van der Waals surface area contributed by atoms with Gasteiger partial charge in [0.1, 0.15) is 22.4 Å². The van der Waals surface area contributed by atoms with Gasteiger partial charge >= 0.3 is 6.11 Å². The highest BCUT2D eigenvalue weighted by atomic mass is 35.5. The number of nitro benzene ring substituents is 1. The lowest BCUT2D eigenvalue weighted by molar-refractivity contribution is -0.384. The molecule has 0 unspecified atom stereocenters. The Morgan fingerprint density at radius 1 is 1.31 bits per heavy atom. The summed E-state index contributed by atoms with van der Waals surface area (Å²) in [6.07, 6.45) is -3.01. The van der Waals surface area contributed by atoms with Crippen LogP contribution in [0, 0.1) is 21.4 Å². The molecule has 1 heterocycles. The molecule has 0 amide bonds. The number of anilines is 1. The van der Waals surface area contributed by atoms with E-state index in [4.69, 9.17) is 11.6 Å². The molecule has 1 atom stereocenters. The van der Waals surface area contributed by atoms with E-state index in [-0.39, 0.29) is 22.7 Å². The summed E-state index contributed by atoms with van der Waals surface area (Å²) in [5, 5.41) is 24.9. The molecule has 0 saturated carbocycles. The van der Waals surface area contributed by atoms with Gasteiger partial charge in [-0.15, -0.1) is 11.3 Å². The molecule has 3 rings (SSSR count). The number of halogens is 4. The third kappa shape index (κ3) is 5.35. The number of aromatic nitrogens is 1. The lowest BCUT2D eigenvalue weighted by Crippen LogP contribution is -2.33. The van der Waals surface area contributed by atoms with Gasteiger partial charge in [-0.25, -0.2) is 9.37 Å². The largest absolute Gasteiger partial charge is 0.444 e. The molecule has 0 aliphatic rings. The van der Waals surface area contributed by atoms with Crippen LogP contribution in [0.2, 0.25) is 0 Å². The number of benzene rings is 2. The van der Waals surface area contributed by atoms with E-state index in [9.17, 15) is 28.5 Å². The number of non-ortho nitro benzene ring substituents is 1. The number of hydrogen-bond acceptors (Lipinski definition) is 7. The Balaban J connectivity index is 1.81. The number of nitro groups is 1. The minimum absolute atomic E-state index is 0.0457. The van der Waals surface area contributed by atoms with Crippen molar-refractivity contribution in [2.45, 2.75) is 11.7 Å². The van der Waals surface area contributed by atoms with E-state index in [1.165, 1.54) is 54.7 Å². The van der Waals surface area contributed by atoms with Crippen LogP contribution in [-0.4, -0.2) is 21.6 Å². The summed E-state index contributed by atoms with van der Waals surface area (Å²) < 4.78 is 44.3. The molecular weight excluding hydrogens is 469 g/mol. The molecule has 32 heavy (non-hydrogen) atoms. The summed E-state index contributed by atoms with van der Waals surface area (Å²) in [7, 11) is 0. The van der Waals surface area contributed by atoms with Gasteiger partial charge in [0.2, 0.25) is 0 Å². The molecule has 164 valence electrons. The van der Waals surface area contributed by atoms with E-state index < -0.39 is 16.7 Å². The minimum atomic E-state index is -4.25. The number of alkyl halides is 4. The first-order valence-electron chi connectivity index (χ1n) is 8.73. The van der Waals surface area contributed by atoms with Crippen LogP contribution in [0.4, 0.5) is 24.5 Å². The fourth-order valence-corrected chi connectivity index (χ4v) is 3.28. The summed E-state index contributed by atoms with van der Waals surface area (Å²) >= 11 is 5.97. The SMILES string of the molecule is N#C/C(=C\Nc1ccccc1OC(F)(F)[C@H](F)Cl)c1nc(-c2ccc([N+](=O)[O-])cc2)cs1. The lowest BCUT2D eigenvalue weighted by atomic mass is 10.1. The van der Waals surface area contributed by atoms with Crippen LogP contribution < -0.4 is 10.1 Å². The number of nitrogens with zero attached hydrogens (tertiary/aromatic N) is 3. The van der Waals surface area contributed by atoms with Crippen molar-refractivity contribution in [3.8, 4) is 23.1 Å². The smallest absolute Gasteiger partial charge is 0.427 e. The third-order valence-corrected chi connectivity index (χ3v) is 5.12. The van der Waals surface area contributed by atoms with E-state index in [2.05, 4.69) is 15.0 Å². The van der Waals surface area contributed by atoms with E-state index >= 15 is 0 Å². The molecule has 0 fully saturated rings. The first-order valence-corrected chi connectivity index (χ1v) is 10.0. The number of nitriles is 1. The van der Waals surface area contributed by atoms with Crippen LogP contribution >= 0.6 is 22.9 Å². The Morgan fingerprint density at radius 3 is 2.62 bits per heavy atom. The van der Waals surface area contributed by atoms with Gasteiger partial charge in [-0.05, 0) is 24.3 Å². The molecule has 0 spiro atoms. The van der Waals surface area contributed by atoms with E-state index in [0.29, 0.717) is 16.3 Å². The topological polar surface area (TPSA) is 101 Å². The van der Waals surface area contributed by atoms with Gasteiger partial charge in [-0.2, -0.15) is 14.0 Å². The highest BCUT2D eigenvalue weighted by molar-refractivity contribution is 7.11. The highest BCUT2D eigenvalue weighted by Crippen LogP contribution is 2.34. The lowest BCUT2D eigenvalue weighted by Gasteiger charge is -2.19. The summed E-state index contributed by atoms with van der Waals surface area (Å²) in [6.45, 7) is 0. The van der Waals surface area contributed by atoms with Crippen molar-refractivity contribution >= 4 is 39.9 Å². The molecule has 1 N–H and O–H groups in total. The summed E-state index contributed by atoms with van der Waals surface area (Å²) in [4.78, 5) is 14.6. The zero-order chi connectivity index (χ0) is 23.3. The summed E-state index contributed by atoms with van der Waals surface area (Å²) in [6, 6.07) is 13.2. The van der Waals surface area contributed by atoms with Crippen LogP contribution in [0.3, 0.4) is 0 Å². The van der Waals surface area contributed by atoms with Gasteiger partial charge < -0.3 is 10.1 Å². The number of ether oxygens (including phenoxy) is 1. The first-order chi connectivity index (χ1) is 15.2. The van der Waals surface area contributed by atoms with Crippen molar-refractivity contribution in [1.29, 1.82) is 5.26 Å². The van der Waals surface area contributed by atoms with Crippen LogP contribution in [0.5, 0.6) is 5.75 Å². The normalized spacial score (nSPS) is 12.7. The fraction of sp³-hybridized carbons (Fsp3) is 0.100. The quantitative estimate of drug-likeness (QED) is 0.178. The monoisotopic (exact) mass is 480 g/mol. The van der Waals surface area contributed by atoms with Crippen molar-refractivity contribution in [2.24, 2.45) is 0 Å². The van der Waals surface area contributed by atoms with Gasteiger partial charge in [0.25, 0.3) is 11.3 Å². The zero-order valence-corrected chi connectivity index (χ0v) is 17.4. The van der Waals surface area contributed by atoms with E-state index in [0.717, 1.165) is 11.3 Å². The average molecular weight is 481 g/mol. The van der Waals surface area contributed by atoms with Crippen LogP contribution in [0.15, 0.2) is 60.1 Å². The maximum absolute atomic E-state index is 13.5. The Hall–Kier alpha value is -3.62. The molecule has 1 aromatic heterocycles. The minimum Gasteiger partial charge on any atom is -0.427 e. The van der Waals surface area contributed by atoms with Gasteiger partial charge in [0, 0.05) is 29.3 Å². The van der Waals surface area contributed by atoms with Crippen LogP contribution in [-0.2, 0) is 0 Å². The maximum Gasteiger partial charge on any atom is 0.444 e. The molecule has 7 nitrogen and oxygen atoms in total. The van der Waals surface area contributed by atoms with Crippen LogP contribution in [0.1, 0.15) is 5.01 Å². The Bertz CT molecular complexity index is 1190. The number of nitrogens with one attached hydrogen (secondary N) is 1. The second-order valence-electron chi connectivity index (χ2n) is 6.12. The first kappa shape index (κ1) is 23.1. The molecule has 12 heteroatoms. The van der Waals surface area contributed by atoms with E-state index in [1.807, 2.05) is 6.07 Å². The van der Waals surface area contributed by atoms with Gasteiger partial charge in [0.15, 0.2) is 0 Å². The van der Waals surface area contributed by atoms with Gasteiger partial charge in [0.05, 0.1) is 16.3 Å². The van der Waals surface area contributed by atoms with Gasteiger partial charge in [-0.3, -0.25) is 10.1 Å². The Kier molecular flexibility index (Phi) is 6.97. The maximum atomic E-state index is 13.5. The van der Waals surface area contributed by atoms with Crippen LogP contribution in [0.25, 0.3) is 16.8 Å². The molecule has 0 aliphatic carbocycles. The predicted octanol–water partition coefficient (Wildman–Crippen LogP) is 6.20. The predicted molar refractivity (Wildman–Crippen MR) is 114 cm³/mol. The molecule has 0 aliphatic heterocycles. The number of rotatable bonds is 8. The molecule has 3 aromatic rings.